The predicted octanol–water partition coefficient (Wildman–Crippen LogP) is 4.11. The van der Waals surface area contributed by atoms with Gasteiger partial charge in [0.25, 0.3) is 5.56 Å². The Balaban J connectivity index is 2.06. The summed E-state index contributed by atoms with van der Waals surface area (Å²) in [7, 11) is 1.17. The number of esters is 1. The Morgan fingerprint density at radius 1 is 1.39 bits per heavy atom. The van der Waals surface area contributed by atoms with Crippen LogP contribution in [0.25, 0.3) is 10.9 Å². The van der Waals surface area contributed by atoms with Gasteiger partial charge in [0, 0.05) is 22.5 Å². The van der Waals surface area contributed by atoms with Crippen LogP contribution >= 0.6 is 27.5 Å². The minimum absolute atomic E-state index is 0.106. The van der Waals surface area contributed by atoms with Crippen LogP contribution in [0.3, 0.4) is 0 Å². The molecule has 10 nitrogen and oxygen atoms in total. The van der Waals surface area contributed by atoms with Crippen LogP contribution in [0.1, 0.15) is 25.2 Å². The number of hydrogen-bond acceptors (Lipinski definition) is 8. The SMILES string of the molecule is CCc1nc2ccc(Br)cc2c(=O)n1N=Cc1cc(Cl)c(O[C@H](C)C(=O)OC)c([N+](=O)[O-])c1. The first-order valence-corrected chi connectivity index (χ1v) is 10.8. The summed E-state index contributed by atoms with van der Waals surface area (Å²) in [6.45, 7) is 3.21. The minimum Gasteiger partial charge on any atom is -0.471 e. The summed E-state index contributed by atoms with van der Waals surface area (Å²) in [5, 5.41) is 16.1. The fourth-order valence-corrected chi connectivity index (χ4v) is 3.61. The third kappa shape index (κ3) is 5.20. The lowest BCUT2D eigenvalue weighted by Crippen LogP contribution is -2.25. The number of carbonyl (C=O) groups is 1. The molecular formula is C21H18BrClN4O6. The first kappa shape index (κ1) is 24.3. The molecule has 0 bridgehead atoms. The lowest BCUT2D eigenvalue weighted by Gasteiger charge is -2.14. The van der Waals surface area contributed by atoms with Crippen LogP contribution in [0.2, 0.25) is 5.02 Å². The van der Waals surface area contributed by atoms with Crippen LogP contribution in [-0.2, 0) is 16.0 Å². The molecule has 3 rings (SSSR count). The van der Waals surface area contributed by atoms with Crippen molar-refractivity contribution in [2.45, 2.75) is 26.4 Å². The molecule has 0 radical (unpaired) electrons. The number of fused-ring (bicyclic) bond motifs is 1. The van der Waals surface area contributed by atoms with Gasteiger partial charge in [0.05, 0.1) is 34.2 Å². The van der Waals surface area contributed by atoms with E-state index >= 15 is 0 Å². The number of carbonyl (C=O) groups excluding carboxylic acids is 1. The summed E-state index contributed by atoms with van der Waals surface area (Å²) in [5.74, 6) is -0.577. The van der Waals surface area contributed by atoms with Crippen molar-refractivity contribution in [3.63, 3.8) is 0 Å². The summed E-state index contributed by atoms with van der Waals surface area (Å²) >= 11 is 9.54. The Kier molecular flexibility index (Phi) is 7.44. The fraction of sp³-hybridized carbons (Fsp3) is 0.238. The summed E-state index contributed by atoms with van der Waals surface area (Å²) in [4.78, 5) is 40.0. The van der Waals surface area contributed by atoms with Gasteiger partial charge in [0.2, 0.25) is 5.75 Å². The molecule has 12 heteroatoms. The number of benzene rings is 2. The molecular weight excluding hydrogens is 520 g/mol. The largest absolute Gasteiger partial charge is 0.471 e. The first-order chi connectivity index (χ1) is 15.7. The van der Waals surface area contributed by atoms with E-state index in [1.807, 2.05) is 6.92 Å². The van der Waals surface area contributed by atoms with Gasteiger partial charge in [0.1, 0.15) is 5.82 Å². The molecule has 0 aliphatic carbocycles. The van der Waals surface area contributed by atoms with Crippen molar-refractivity contribution in [3.05, 3.63) is 71.7 Å². The van der Waals surface area contributed by atoms with E-state index in [1.54, 1.807) is 18.2 Å². The van der Waals surface area contributed by atoms with Gasteiger partial charge in [-0.3, -0.25) is 14.9 Å². The number of rotatable bonds is 7. The van der Waals surface area contributed by atoms with E-state index < -0.39 is 22.7 Å². The van der Waals surface area contributed by atoms with Gasteiger partial charge >= 0.3 is 11.7 Å². The zero-order chi connectivity index (χ0) is 24.3. The third-order valence-corrected chi connectivity index (χ3v) is 5.36. The topological polar surface area (TPSA) is 126 Å². The van der Waals surface area contributed by atoms with Crippen molar-refractivity contribution in [1.82, 2.24) is 9.66 Å². The number of ether oxygens (including phenoxy) is 2. The lowest BCUT2D eigenvalue weighted by atomic mass is 10.2. The molecule has 1 atom stereocenters. The second-order valence-electron chi connectivity index (χ2n) is 6.80. The third-order valence-electron chi connectivity index (χ3n) is 4.58. The average molecular weight is 538 g/mol. The Hall–Kier alpha value is -3.31. The Bertz CT molecular complexity index is 1340. The van der Waals surface area contributed by atoms with Crippen molar-refractivity contribution < 1.29 is 19.2 Å². The molecule has 2 aromatic carbocycles. The van der Waals surface area contributed by atoms with Crippen LogP contribution in [-0.4, -0.2) is 40.0 Å². The van der Waals surface area contributed by atoms with Crippen molar-refractivity contribution in [3.8, 4) is 5.75 Å². The van der Waals surface area contributed by atoms with Gasteiger partial charge < -0.3 is 9.47 Å². The van der Waals surface area contributed by atoms with Crippen LogP contribution < -0.4 is 10.3 Å². The standard InChI is InChI=1S/C21H18BrClN4O6/c1-4-18-25-16-6-5-13(22)9-14(16)20(28)26(18)24-10-12-7-15(23)19(17(8-12)27(30)31)33-11(2)21(29)32-3/h5-11H,4H2,1-3H3/t11-/m1/s1. The smallest absolute Gasteiger partial charge is 0.346 e. The van der Waals surface area contributed by atoms with Crippen molar-refractivity contribution in [1.29, 1.82) is 0 Å². The molecule has 0 amide bonds. The van der Waals surface area contributed by atoms with Gasteiger partial charge in [-0.05, 0) is 31.2 Å². The second kappa shape index (κ2) is 10.1. The maximum atomic E-state index is 13.0. The molecule has 33 heavy (non-hydrogen) atoms. The Morgan fingerprint density at radius 3 is 2.76 bits per heavy atom. The van der Waals surface area contributed by atoms with E-state index in [0.717, 1.165) is 4.68 Å². The normalized spacial score (nSPS) is 12.2. The van der Waals surface area contributed by atoms with Crippen molar-refractivity contribution in [2.75, 3.05) is 7.11 Å². The predicted molar refractivity (Wildman–Crippen MR) is 126 cm³/mol. The van der Waals surface area contributed by atoms with Crippen molar-refractivity contribution >= 4 is 56.3 Å². The molecule has 0 fully saturated rings. The highest BCUT2D eigenvalue weighted by molar-refractivity contribution is 9.10. The first-order valence-electron chi connectivity index (χ1n) is 9.64. The van der Waals surface area contributed by atoms with Gasteiger partial charge in [-0.1, -0.05) is 34.5 Å². The molecule has 0 spiro atoms. The van der Waals surface area contributed by atoms with E-state index in [-0.39, 0.29) is 21.9 Å². The van der Waals surface area contributed by atoms with E-state index in [0.29, 0.717) is 27.6 Å². The van der Waals surface area contributed by atoms with Gasteiger partial charge in [-0.25, -0.2) is 9.78 Å². The minimum atomic E-state index is -1.11. The fourth-order valence-electron chi connectivity index (χ4n) is 2.98. The average Bonchev–Trinajstić information content (AvgIpc) is 2.79. The van der Waals surface area contributed by atoms with E-state index in [9.17, 15) is 19.7 Å². The van der Waals surface area contributed by atoms with Gasteiger partial charge in [0.15, 0.2) is 6.10 Å². The molecule has 172 valence electrons. The quantitative estimate of drug-likeness (QED) is 0.192. The van der Waals surface area contributed by atoms with E-state index in [4.69, 9.17) is 16.3 Å². The van der Waals surface area contributed by atoms with Crippen LogP contribution in [0.5, 0.6) is 5.75 Å². The number of methoxy groups -OCH3 is 1. The number of nitro groups is 1. The highest BCUT2D eigenvalue weighted by atomic mass is 79.9. The molecule has 0 saturated carbocycles. The molecule has 0 N–H and O–H groups in total. The number of nitro benzene ring substituents is 1. The number of hydrogen-bond donors (Lipinski definition) is 0. The Morgan fingerprint density at radius 2 is 2.12 bits per heavy atom. The van der Waals surface area contributed by atoms with Crippen LogP contribution in [0.4, 0.5) is 5.69 Å². The zero-order valence-corrected chi connectivity index (χ0v) is 20.1. The van der Waals surface area contributed by atoms with Gasteiger partial charge in [-0.2, -0.15) is 9.78 Å². The van der Waals surface area contributed by atoms with E-state index in [2.05, 4.69) is 30.8 Å². The van der Waals surface area contributed by atoms with E-state index in [1.165, 1.54) is 32.4 Å². The number of aromatic nitrogens is 2. The summed E-state index contributed by atoms with van der Waals surface area (Å²) in [6.07, 6.45) is 0.579. The number of nitrogens with zero attached hydrogens (tertiary/aromatic N) is 4. The summed E-state index contributed by atoms with van der Waals surface area (Å²) < 4.78 is 11.8. The number of halogens is 2. The number of aryl methyl sites for hydroxylation is 1. The lowest BCUT2D eigenvalue weighted by molar-refractivity contribution is -0.386. The molecule has 3 aromatic rings. The molecule has 1 heterocycles. The van der Waals surface area contributed by atoms with Gasteiger partial charge in [-0.15, -0.1) is 0 Å². The summed E-state index contributed by atoms with van der Waals surface area (Å²) in [5.41, 5.74) is -0.0790. The molecule has 0 unspecified atom stereocenters. The molecule has 0 aliphatic heterocycles. The summed E-state index contributed by atoms with van der Waals surface area (Å²) in [6, 6.07) is 7.71. The molecule has 1 aromatic heterocycles. The van der Waals surface area contributed by atoms with Crippen LogP contribution in [0, 0.1) is 10.1 Å². The monoisotopic (exact) mass is 536 g/mol. The zero-order valence-electron chi connectivity index (χ0n) is 17.7. The van der Waals surface area contributed by atoms with Crippen LogP contribution in [0.15, 0.2) is 44.7 Å². The highest BCUT2D eigenvalue weighted by Gasteiger charge is 2.25. The second-order valence-corrected chi connectivity index (χ2v) is 8.12. The molecule has 0 saturated heterocycles. The highest BCUT2D eigenvalue weighted by Crippen LogP contribution is 2.36. The molecule has 0 aliphatic rings. The maximum Gasteiger partial charge on any atom is 0.346 e. The van der Waals surface area contributed by atoms with Crippen molar-refractivity contribution in [2.24, 2.45) is 5.10 Å². The Labute approximate surface area is 201 Å². The maximum absolute atomic E-state index is 13.0.